The fourth-order valence-electron chi connectivity index (χ4n) is 1.40. The van der Waals surface area contributed by atoms with Crippen molar-refractivity contribution >= 4 is 5.91 Å². The number of aliphatic hydroxyl groups excluding tert-OH is 1. The smallest absolute Gasteiger partial charge is 0.389 e. The molecule has 0 aromatic carbocycles. The highest BCUT2D eigenvalue weighted by Crippen LogP contribution is 2.29. The summed E-state index contributed by atoms with van der Waals surface area (Å²) < 4.78 is 35.6. The second kappa shape index (κ2) is 3.53. The number of carbonyl (C=O) groups is 1. The second-order valence-electron chi connectivity index (χ2n) is 3.14. The van der Waals surface area contributed by atoms with Crippen LogP contribution in [0.15, 0.2) is 0 Å². The Morgan fingerprint density at radius 1 is 1.54 bits per heavy atom. The quantitative estimate of drug-likeness (QED) is 0.674. The van der Waals surface area contributed by atoms with E-state index >= 15 is 0 Å². The zero-order valence-corrected chi connectivity index (χ0v) is 6.77. The summed E-state index contributed by atoms with van der Waals surface area (Å²) >= 11 is 0. The molecule has 0 aromatic heterocycles. The lowest BCUT2D eigenvalue weighted by molar-refractivity contribution is -0.151. The molecule has 0 bridgehead atoms. The number of hydrogen-bond acceptors (Lipinski definition) is 2. The Bertz CT molecular complexity index is 204. The van der Waals surface area contributed by atoms with Crippen LogP contribution in [-0.2, 0) is 4.79 Å². The van der Waals surface area contributed by atoms with Crippen LogP contribution in [0.2, 0.25) is 0 Å². The van der Waals surface area contributed by atoms with Gasteiger partial charge in [0.25, 0.3) is 0 Å². The minimum atomic E-state index is -4.31. The molecule has 1 aliphatic rings. The third-order valence-electron chi connectivity index (χ3n) is 1.98. The molecule has 1 rings (SSSR count). The highest BCUT2D eigenvalue weighted by atomic mass is 19.4. The first-order chi connectivity index (χ1) is 5.92. The summed E-state index contributed by atoms with van der Waals surface area (Å²) in [6.45, 7) is -0.305. The lowest BCUT2D eigenvalue weighted by atomic mass is 10.0. The minimum absolute atomic E-state index is 0.0643. The number of aliphatic hydroxyl groups is 1. The molecule has 3 nitrogen and oxygen atoms in total. The van der Waals surface area contributed by atoms with Gasteiger partial charge in [-0.3, -0.25) is 4.79 Å². The highest BCUT2D eigenvalue weighted by molar-refractivity contribution is 5.81. The van der Waals surface area contributed by atoms with E-state index in [0.717, 1.165) is 0 Å². The fraction of sp³-hybridized carbons (Fsp3) is 0.857. The Kier molecular flexibility index (Phi) is 2.80. The van der Waals surface area contributed by atoms with Gasteiger partial charge in [-0.1, -0.05) is 0 Å². The van der Waals surface area contributed by atoms with Crippen molar-refractivity contribution in [3.05, 3.63) is 0 Å². The third kappa shape index (κ3) is 2.87. The van der Waals surface area contributed by atoms with Crippen molar-refractivity contribution in [3.63, 3.8) is 0 Å². The van der Waals surface area contributed by atoms with Gasteiger partial charge in [0.2, 0.25) is 5.91 Å². The normalized spacial score (nSPS) is 29.1. The zero-order chi connectivity index (χ0) is 10.1. The van der Waals surface area contributed by atoms with E-state index in [9.17, 15) is 18.0 Å². The molecule has 6 heteroatoms. The molecule has 0 aromatic rings. The van der Waals surface area contributed by atoms with Gasteiger partial charge in [-0.05, 0) is 6.42 Å². The van der Waals surface area contributed by atoms with Gasteiger partial charge in [0.1, 0.15) is 0 Å². The van der Waals surface area contributed by atoms with Crippen molar-refractivity contribution in [1.82, 2.24) is 5.32 Å². The van der Waals surface area contributed by atoms with Crippen molar-refractivity contribution in [2.75, 3.05) is 6.61 Å². The number of halogens is 3. The maximum atomic E-state index is 11.9. The van der Waals surface area contributed by atoms with E-state index < -0.39 is 30.5 Å². The monoisotopic (exact) mass is 197 g/mol. The molecule has 1 fully saturated rings. The van der Waals surface area contributed by atoms with Crippen LogP contribution in [-0.4, -0.2) is 29.8 Å². The zero-order valence-electron chi connectivity index (χ0n) is 6.77. The minimum Gasteiger partial charge on any atom is -0.394 e. The molecule has 2 atom stereocenters. The summed E-state index contributed by atoms with van der Waals surface area (Å²) in [6, 6.07) is -0.514. The number of amides is 1. The van der Waals surface area contributed by atoms with Gasteiger partial charge in [-0.25, -0.2) is 0 Å². The molecule has 0 spiro atoms. The van der Waals surface area contributed by atoms with Crippen molar-refractivity contribution < 1.29 is 23.1 Å². The van der Waals surface area contributed by atoms with Gasteiger partial charge >= 0.3 is 6.18 Å². The molecule has 76 valence electrons. The topological polar surface area (TPSA) is 49.3 Å². The number of rotatable bonds is 2. The summed E-state index contributed by atoms with van der Waals surface area (Å²) in [5, 5.41) is 10.9. The number of alkyl halides is 3. The van der Waals surface area contributed by atoms with E-state index in [1.54, 1.807) is 0 Å². The summed E-state index contributed by atoms with van der Waals surface area (Å²) in [5.74, 6) is -1.64. The lowest BCUT2D eigenvalue weighted by Crippen LogP contribution is -2.29. The average Bonchev–Trinajstić information content (AvgIpc) is 2.29. The van der Waals surface area contributed by atoms with Crippen LogP contribution in [0, 0.1) is 5.92 Å². The van der Waals surface area contributed by atoms with Crippen LogP contribution < -0.4 is 5.32 Å². The van der Waals surface area contributed by atoms with Gasteiger partial charge in [-0.2, -0.15) is 13.2 Å². The Balaban J connectivity index is 2.49. The van der Waals surface area contributed by atoms with E-state index in [-0.39, 0.29) is 13.0 Å². The first-order valence-electron chi connectivity index (χ1n) is 3.90. The van der Waals surface area contributed by atoms with Crippen LogP contribution in [0.4, 0.5) is 13.2 Å². The molecular formula is C7H10F3NO2. The van der Waals surface area contributed by atoms with Crippen LogP contribution in [0.25, 0.3) is 0 Å². The van der Waals surface area contributed by atoms with Crippen LogP contribution >= 0.6 is 0 Å². The molecule has 1 amide bonds. The van der Waals surface area contributed by atoms with Crippen molar-refractivity contribution in [3.8, 4) is 0 Å². The molecular weight excluding hydrogens is 187 g/mol. The molecule has 1 heterocycles. The SMILES string of the molecule is O=C1NC(CO)CC1CC(F)(F)F. The molecule has 1 saturated heterocycles. The second-order valence-corrected chi connectivity index (χ2v) is 3.14. The number of nitrogens with one attached hydrogen (secondary N) is 1. The van der Waals surface area contributed by atoms with Crippen LogP contribution in [0.3, 0.4) is 0 Å². The van der Waals surface area contributed by atoms with E-state index in [2.05, 4.69) is 5.32 Å². The number of hydrogen-bond donors (Lipinski definition) is 2. The Labute approximate surface area is 72.9 Å². The molecule has 0 aliphatic carbocycles. The largest absolute Gasteiger partial charge is 0.394 e. The Morgan fingerprint density at radius 3 is 2.54 bits per heavy atom. The van der Waals surface area contributed by atoms with Crippen molar-refractivity contribution in [1.29, 1.82) is 0 Å². The van der Waals surface area contributed by atoms with E-state index in [0.29, 0.717) is 0 Å². The van der Waals surface area contributed by atoms with Gasteiger partial charge in [-0.15, -0.1) is 0 Å². The van der Waals surface area contributed by atoms with Gasteiger partial charge in [0, 0.05) is 5.92 Å². The predicted octanol–water partition coefficient (Wildman–Crippen LogP) is 0.436. The van der Waals surface area contributed by atoms with E-state index in [1.165, 1.54) is 0 Å². The maximum Gasteiger partial charge on any atom is 0.389 e. The van der Waals surface area contributed by atoms with Gasteiger partial charge in [0.15, 0.2) is 0 Å². The predicted molar refractivity (Wildman–Crippen MR) is 37.8 cm³/mol. The maximum absolute atomic E-state index is 11.9. The average molecular weight is 197 g/mol. The molecule has 0 saturated carbocycles. The standard InChI is InChI=1S/C7H10F3NO2/c8-7(9,10)2-4-1-5(3-12)11-6(4)13/h4-5,12H,1-3H2,(H,11,13). The Hall–Kier alpha value is -0.780. The summed E-state index contributed by atoms with van der Waals surface area (Å²) in [5.41, 5.74) is 0. The summed E-state index contributed by atoms with van der Waals surface area (Å²) in [6.07, 6.45) is -5.35. The van der Waals surface area contributed by atoms with Crippen LogP contribution in [0.1, 0.15) is 12.8 Å². The number of carbonyl (C=O) groups excluding carboxylic acids is 1. The lowest BCUT2D eigenvalue weighted by Gasteiger charge is -2.09. The molecule has 2 N–H and O–H groups in total. The summed E-state index contributed by atoms with van der Waals surface area (Å²) in [7, 11) is 0. The molecule has 1 aliphatic heterocycles. The van der Waals surface area contributed by atoms with Crippen molar-refractivity contribution in [2.24, 2.45) is 5.92 Å². The molecule has 2 unspecified atom stereocenters. The van der Waals surface area contributed by atoms with Gasteiger partial charge < -0.3 is 10.4 Å². The highest BCUT2D eigenvalue weighted by Gasteiger charge is 2.40. The fourth-order valence-corrected chi connectivity index (χ4v) is 1.40. The molecule has 0 radical (unpaired) electrons. The van der Waals surface area contributed by atoms with Crippen molar-refractivity contribution in [2.45, 2.75) is 25.1 Å². The first kappa shape index (κ1) is 10.3. The first-order valence-corrected chi connectivity index (χ1v) is 3.90. The summed E-state index contributed by atoms with van der Waals surface area (Å²) in [4.78, 5) is 10.9. The Morgan fingerprint density at radius 2 is 2.15 bits per heavy atom. The van der Waals surface area contributed by atoms with Crippen LogP contribution in [0.5, 0.6) is 0 Å². The van der Waals surface area contributed by atoms with E-state index in [4.69, 9.17) is 5.11 Å². The molecule has 13 heavy (non-hydrogen) atoms. The third-order valence-corrected chi connectivity index (χ3v) is 1.98. The van der Waals surface area contributed by atoms with Gasteiger partial charge in [0.05, 0.1) is 19.1 Å². The van der Waals surface area contributed by atoms with E-state index in [1.807, 2.05) is 0 Å².